The second-order valence-electron chi connectivity index (χ2n) is 4.98. The fraction of sp³-hybridized carbons (Fsp3) is 0.429. The molecule has 1 aromatic carbocycles. The first-order valence-corrected chi connectivity index (χ1v) is 6.43. The molecule has 0 fully saturated rings. The Labute approximate surface area is 120 Å². The number of hydrogen-bond donors (Lipinski definition) is 2. The van der Waals surface area contributed by atoms with Crippen molar-refractivity contribution in [2.45, 2.75) is 33.0 Å². The van der Waals surface area contributed by atoms with E-state index >= 15 is 0 Å². The Hall–Kier alpha value is -2.05. The Morgan fingerprint density at radius 2 is 1.81 bits per heavy atom. The van der Waals surface area contributed by atoms with E-state index in [4.69, 9.17) is 0 Å². The molecule has 116 valence electrons. The highest BCUT2D eigenvalue weighted by atomic mass is 19.4. The molecule has 0 heterocycles. The van der Waals surface area contributed by atoms with Gasteiger partial charge in [-0.3, -0.25) is 9.59 Å². The summed E-state index contributed by atoms with van der Waals surface area (Å²) in [5.41, 5.74) is 0.442. The van der Waals surface area contributed by atoms with Crippen molar-refractivity contribution in [1.29, 1.82) is 0 Å². The Balaban J connectivity index is 2.72. The third kappa shape index (κ3) is 5.85. The standard InChI is InChI=1S/C14H17F3N2O2/c1-9(2)7-12(20)18-8-10-5-3-4-6-11(10)19-13(21)14(15,16)17/h3-6,9H,7-8H2,1-2H3,(H,18,20)(H,19,21). The molecule has 21 heavy (non-hydrogen) atoms. The first-order chi connectivity index (χ1) is 9.70. The summed E-state index contributed by atoms with van der Waals surface area (Å²) in [5.74, 6) is -2.05. The smallest absolute Gasteiger partial charge is 0.352 e. The van der Waals surface area contributed by atoms with Gasteiger partial charge in [-0.15, -0.1) is 0 Å². The van der Waals surface area contributed by atoms with Crippen LogP contribution in [0.2, 0.25) is 0 Å². The maximum Gasteiger partial charge on any atom is 0.471 e. The van der Waals surface area contributed by atoms with Gasteiger partial charge in [0, 0.05) is 18.7 Å². The SMILES string of the molecule is CC(C)CC(=O)NCc1ccccc1NC(=O)C(F)(F)F. The van der Waals surface area contributed by atoms with Gasteiger partial charge >= 0.3 is 12.1 Å². The number of benzene rings is 1. The van der Waals surface area contributed by atoms with Gasteiger partial charge in [0.2, 0.25) is 5.91 Å². The number of nitrogens with one attached hydrogen (secondary N) is 2. The van der Waals surface area contributed by atoms with Crippen molar-refractivity contribution in [3.05, 3.63) is 29.8 Å². The van der Waals surface area contributed by atoms with Crippen molar-refractivity contribution in [2.75, 3.05) is 5.32 Å². The van der Waals surface area contributed by atoms with Crippen LogP contribution in [0.15, 0.2) is 24.3 Å². The van der Waals surface area contributed by atoms with Crippen LogP contribution in [0.4, 0.5) is 18.9 Å². The summed E-state index contributed by atoms with van der Waals surface area (Å²) in [7, 11) is 0. The van der Waals surface area contributed by atoms with Crippen LogP contribution in [0.3, 0.4) is 0 Å². The van der Waals surface area contributed by atoms with Gasteiger partial charge in [0.25, 0.3) is 0 Å². The Kier molecular flexibility index (Phi) is 5.75. The zero-order chi connectivity index (χ0) is 16.0. The third-order valence-corrected chi connectivity index (χ3v) is 2.59. The van der Waals surface area contributed by atoms with Crippen molar-refractivity contribution in [2.24, 2.45) is 5.92 Å². The number of hydrogen-bond acceptors (Lipinski definition) is 2. The predicted octanol–water partition coefficient (Wildman–Crippen LogP) is 2.85. The Morgan fingerprint density at radius 3 is 2.38 bits per heavy atom. The van der Waals surface area contributed by atoms with E-state index in [2.05, 4.69) is 5.32 Å². The summed E-state index contributed by atoms with van der Waals surface area (Å²) in [6.45, 7) is 3.83. The fourth-order valence-corrected chi connectivity index (χ4v) is 1.63. The maximum absolute atomic E-state index is 12.2. The Bertz CT molecular complexity index is 513. The molecule has 0 bridgehead atoms. The lowest BCUT2D eigenvalue weighted by Gasteiger charge is -2.13. The average molecular weight is 302 g/mol. The normalized spacial score (nSPS) is 11.3. The number of anilines is 1. The van der Waals surface area contributed by atoms with Gasteiger partial charge in [0.1, 0.15) is 0 Å². The number of carbonyl (C=O) groups is 2. The highest BCUT2D eigenvalue weighted by Gasteiger charge is 2.38. The molecular weight excluding hydrogens is 285 g/mol. The van der Waals surface area contributed by atoms with E-state index in [0.29, 0.717) is 12.0 Å². The van der Waals surface area contributed by atoms with Gasteiger partial charge in [-0.2, -0.15) is 13.2 Å². The molecule has 0 radical (unpaired) electrons. The molecule has 0 aliphatic rings. The highest BCUT2D eigenvalue weighted by Crippen LogP contribution is 2.20. The molecule has 0 unspecified atom stereocenters. The molecule has 2 amide bonds. The van der Waals surface area contributed by atoms with Crippen molar-refractivity contribution in [1.82, 2.24) is 5.32 Å². The minimum absolute atomic E-state index is 0.0321. The van der Waals surface area contributed by atoms with Crippen LogP contribution in [0.25, 0.3) is 0 Å². The van der Waals surface area contributed by atoms with Gasteiger partial charge in [0.05, 0.1) is 0 Å². The van der Waals surface area contributed by atoms with E-state index in [9.17, 15) is 22.8 Å². The maximum atomic E-state index is 12.2. The molecule has 0 aliphatic carbocycles. The van der Waals surface area contributed by atoms with Crippen LogP contribution in [-0.2, 0) is 16.1 Å². The van der Waals surface area contributed by atoms with Crippen LogP contribution in [0.1, 0.15) is 25.8 Å². The van der Waals surface area contributed by atoms with Crippen molar-refractivity contribution >= 4 is 17.5 Å². The molecule has 4 nitrogen and oxygen atoms in total. The summed E-state index contributed by atoms with van der Waals surface area (Å²) in [6.07, 6.45) is -4.62. The van der Waals surface area contributed by atoms with Crippen LogP contribution in [0.5, 0.6) is 0 Å². The predicted molar refractivity (Wildman–Crippen MR) is 72.4 cm³/mol. The number of rotatable bonds is 5. The van der Waals surface area contributed by atoms with Gasteiger partial charge in [0.15, 0.2) is 0 Å². The number of carbonyl (C=O) groups excluding carboxylic acids is 2. The minimum atomic E-state index is -4.95. The molecule has 0 aliphatic heterocycles. The molecule has 0 aromatic heterocycles. The molecule has 0 saturated heterocycles. The molecule has 0 atom stereocenters. The van der Waals surface area contributed by atoms with Crippen LogP contribution in [-0.4, -0.2) is 18.0 Å². The quantitative estimate of drug-likeness (QED) is 0.878. The first-order valence-electron chi connectivity index (χ1n) is 6.43. The van der Waals surface area contributed by atoms with Gasteiger partial charge < -0.3 is 10.6 Å². The molecule has 1 aromatic rings. The van der Waals surface area contributed by atoms with E-state index in [1.165, 1.54) is 12.1 Å². The molecule has 7 heteroatoms. The second kappa shape index (κ2) is 7.10. The van der Waals surface area contributed by atoms with Gasteiger partial charge in [-0.05, 0) is 17.5 Å². The molecule has 0 saturated carbocycles. The largest absolute Gasteiger partial charge is 0.471 e. The lowest BCUT2D eigenvalue weighted by atomic mass is 10.1. The topological polar surface area (TPSA) is 58.2 Å². The number of halogens is 3. The van der Waals surface area contributed by atoms with Crippen molar-refractivity contribution in [3.8, 4) is 0 Å². The van der Waals surface area contributed by atoms with Gasteiger partial charge in [-0.1, -0.05) is 32.0 Å². The Morgan fingerprint density at radius 1 is 1.19 bits per heavy atom. The number of amides is 2. The van der Waals surface area contributed by atoms with Crippen molar-refractivity contribution < 1.29 is 22.8 Å². The number of para-hydroxylation sites is 1. The molecular formula is C14H17F3N2O2. The number of alkyl halides is 3. The lowest BCUT2D eigenvalue weighted by molar-refractivity contribution is -0.167. The minimum Gasteiger partial charge on any atom is -0.352 e. The fourth-order valence-electron chi connectivity index (χ4n) is 1.63. The molecule has 2 N–H and O–H groups in total. The zero-order valence-corrected chi connectivity index (χ0v) is 11.8. The highest BCUT2D eigenvalue weighted by molar-refractivity contribution is 5.95. The summed E-state index contributed by atoms with van der Waals surface area (Å²) < 4.78 is 36.7. The van der Waals surface area contributed by atoms with Crippen LogP contribution < -0.4 is 10.6 Å². The third-order valence-electron chi connectivity index (χ3n) is 2.59. The van der Waals surface area contributed by atoms with Crippen LogP contribution in [0, 0.1) is 5.92 Å². The van der Waals surface area contributed by atoms with E-state index < -0.39 is 12.1 Å². The van der Waals surface area contributed by atoms with E-state index in [1.54, 1.807) is 17.4 Å². The second-order valence-corrected chi connectivity index (χ2v) is 4.98. The van der Waals surface area contributed by atoms with E-state index in [-0.39, 0.29) is 24.1 Å². The van der Waals surface area contributed by atoms with Crippen LogP contribution >= 0.6 is 0 Å². The lowest BCUT2D eigenvalue weighted by Crippen LogP contribution is -2.31. The van der Waals surface area contributed by atoms with E-state index in [1.807, 2.05) is 13.8 Å². The first kappa shape index (κ1) is 17.0. The molecule has 0 spiro atoms. The summed E-state index contributed by atoms with van der Waals surface area (Å²) in [4.78, 5) is 22.5. The van der Waals surface area contributed by atoms with E-state index in [0.717, 1.165) is 0 Å². The monoisotopic (exact) mass is 302 g/mol. The zero-order valence-electron chi connectivity index (χ0n) is 11.8. The molecule has 1 rings (SSSR count). The summed E-state index contributed by atoms with van der Waals surface area (Å²) in [6, 6.07) is 6.02. The average Bonchev–Trinajstić information content (AvgIpc) is 2.35. The van der Waals surface area contributed by atoms with Gasteiger partial charge in [-0.25, -0.2) is 0 Å². The summed E-state index contributed by atoms with van der Waals surface area (Å²) in [5, 5.41) is 4.41. The summed E-state index contributed by atoms with van der Waals surface area (Å²) >= 11 is 0. The van der Waals surface area contributed by atoms with Crippen molar-refractivity contribution in [3.63, 3.8) is 0 Å².